The lowest BCUT2D eigenvalue weighted by Crippen LogP contribution is -2.48. The number of rotatable bonds is 8. The van der Waals surface area contributed by atoms with Crippen molar-refractivity contribution in [3.8, 4) is 0 Å². The van der Waals surface area contributed by atoms with Gasteiger partial charge in [0.2, 0.25) is 0 Å². The molecule has 1 saturated heterocycles. The summed E-state index contributed by atoms with van der Waals surface area (Å²) in [4.78, 5) is 9.80. The van der Waals surface area contributed by atoms with Crippen molar-refractivity contribution >= 4 is 10.9 Å². The predicted molar refractivity (Wildman–Crippen MR) is 137 cm³/mol. The molecule has 0 aliphatic carbocycles. The molecule has 33 heavy (non-hydrogen) atoms. The summed E-state index contributed by atoms with van der Waals surface area (Å²) in [5, 5.41) is 1.31. The lowest BCUT2D eigenvalue weighted by Gasteiger charge is -2.40. The second-order valence-electron chi connectivity index (χ2n) is 9.05. The van der Waals surface area contributed by atoms with Crippen LogP contribution in [0.4, 0.5) is 0 Å². The van der Waals surface area contributed by atoms with Crippen LogP contribution in [-0.4, -0.2) is 47.5 Å². The summed E-state index contributed by atoms with van der Waals surface area (Å²) < 4.78 is 0. The van der Waals surface area contributed by atoms with Gasteiger partial charge in [0, 0.05) is 37.8 Å². The molecular formula is C30H33N3. The molecule has 0 atom stereocenters. The maximum Gasteiger partial charge on any atom is 0.0704 e. The van der Waals surface area contributed by atoms with Crippen LogP contribution >= 0.6 is 0 Å². The summed E-state index contributed by atoms with van der Waals surface area (Å²) in [5.41, 5.74) is 5.32. The van der Waals surface area contributed by atoms with Crippen molar-refractivity contribution in [1.82, 2.24) is 14.8 Å². The molecular weight excluding hydrogens is 402 g/mol. The van der Waals surface area contributed by atoms with Crippen molar-refractivity contribution < 1.29 is 0 Å². The van der Waals surface area contributed by atoms with Crippen LogP contribution in [0.1, 0.15) is 35.6 Å². The van der Waals surface area contributed by atoms with Crippen LogP contribution in [0.3, 0.4) is 0 Å². The topological polar surface area (TPSA) is 19.4 Å². The van der Waals surface area contributed by atoms with Gasteiger partial charge in [-0.05, 0) is 54.6 Å². The molecule has 1 aliphatic rings. The fourth-order valence-corrected chi connectivity index (χ4v) is 5.17. The first-order valence-electron chi connectivity index (χ1n) is 12.3. The number of piperazine rings is 1. The summed E-state index contributed by atoms with van der Waals surface area (Å²) in [5.74, 6) is 0. The Bertz CT molecular complexity index is 1090. The van der Waals surface area contributed by atoms with Crippen LogP contribution in [0.25, 0.3) is 10.9 Å². The number of benzene rings is 3. The maximum atomic E-state index is 4.50. The van der Waals surface area contributed by atoms with Crippen LogP contribution in [0.15, 0.2) is 97.2 Å². The van der Waals surface area contributed by atoms with Crippen molar-refractivity contribution in [3.63, 3.8) is 0 Å². The molecule has 4 aromatic rings. The molecule has 0 spiro atoms. The number of nitrogens with zero attached hydrogens (tertiary/aromatic N) is 3. The Labute approximate surface area is 197 Å². The standard InChI is InChI=1S/C30H33N3/c1-3-12-26(13-4-1)30(27-14-5-2-6-15-27)33-23-21-32(22-24-33)20-8-7-11-25-16-9-18-29-28(25)17-10-19-31-29/h1-6,9-10,12-19,30H,7-8,11,20-24H2. The summed E-state index contributed by atoms with van der Waals surface area (Å²) in [6.45, 7) is 5.72. The highest BCUT2D eigenvalue weighted by atomic mass is 15.3. The number of hydrogen-bond acceptors (Lipinski definition) is 3. The average molecular weight is 436 g/mol. The Morgan fingerprint density at radius 3 is 2.06 bits per heavy atom. The minimum Gasteiger partial charge on any atom is -0.301 e. The van der Waals surface area contributed by atoms with Gasteiger partial charge in [0.05, 0.1) is 11.6 Å². The van der Waals surface area contributed by atoms with Crippen molar-refractivity contribution in [2.24, 2.45) is 0 Å². The summed E-state index contributed by atoms with van der Waals surface area (Å²) >= 11 is 0. The van der Waals surface area contributed by atoms with Gasteiger partial charge in [-0.3, -0.25) is 9.88 Å². The first kappa shape index (κ1) is 21.8. The fraction of sp³-hybridized carbons (Fsp3) is 0.300. The third-order valence-electron chi connectivity index (χ3n) is 6.91. The lowest BCUT2D eigenvalue weighted by atomic mass is 9.96. The molecule has 0 bridgehead atoms. The largest absolute Gasteiger partial charge is 0.301 e. The van der Waals surface area contributed by atoms with Gasteiger partial charge in [0.15, 0.2) is 0 Å². The first-order chi connectivity index (χ1) is 16.4. The van der Waals surface area contributed by atoms with E-state index in [9.17, 15) is 0 Å². The molecule has 0 radical (unpaired) electrons. The SMILES string of the molecule is c1ccc(C(c2ccccc2)N2CCN(CCCCc3cccc4ncccc34)CC2)cc1. The van der Waals surface area contributed by atoms with Crippen molar-refractivity contribution in [3.05, 3.63) is 114 Å². The van der Waals surface area contributed by atoms with E-state index in [1.807, 2.05) is 12.3 Å². The van der Waals surface area contributed by atoms with Crippen molar-refractivity contribution in [2.45, 2.75) is 25.3 Å². The number of hydrogen-bond donors (Lipinski definition) is 0. The van der Waals surface area contributed by atoms with Gasteiger partial charge in [-0.2, -0.15) is 0 Å². The molecule has 3 nitrogen and oxygen atoms in total. The van der Waals surface area contributed by atoms with E-state index in [-0.39, 0.29) is 0 Å². The first-order valence-corrected chi connectivity index (χ1v) is 12.3. The number of unbranched alkanes of at least 4 members (excludes halogenated alkanes) is 1. The number of aromatic nitrogens is 1. The van der Waals surface area contributed by atoms with Crippen molar-refractivity contribution in [1.29, 1.82) is 0 Å². The molecule has 1 aliphatic heterocycles. The van der Waals surface area contributed by atoms with E-state index in [1.165, 1.54) is 41.5 Å². The zero-order valence-electron chi connectivity index (χ0n) is 19.3. The van der Waals surface area contributed by atoms with Gasteiger partial charge in [-0.15, -0.1) is 0 Å². The Balaban J connectivity index is 1.14. The van der Waals surface area contributed by atoms with Gasteiger partial charge in [0.25, 0.3) is 0 Å². The van der Waals surface area contributed by atoms with Gasteiger partial charge < -0.3 is 4.90 Å². The van der Waals surface area contributed by atoms with E-state index in [1.54, 1.807) is 0 Å². The van der Waals surface area contributed by atoms with E-state index in [2.05, 4.69) is 99.7 Å². The Hall–Kier alpha value is -3.01. The number of aryl methyl sites for hydroxylation is 1. The molecule has 1 aromatic heterocycles. The fourth-order valence-electron chi connectivity index (χ4n) is 5.17. The van der Waals surface area contributed by atoms with E-state index in [0.717, 1.165) is 38.1 Å². The van der Waals surface area contributed by atoms with Crippen LogP contribution in [0.2, 0.25) is 0 Å². The second kappa shape index (κ2) is 10.7. The highest BCUT2D eigenvalue weighted by Crippen LogP contribution is 2.29. The van der Waals surface area contributed by atoms with E-state index >= 15 is 0 Å². The Morgan fingerprint density at radius 2 is 1.36 bits per heavy atom. The molecule has 0 unspecified atom stereocenters. The summed E-state index contributed by atoms with van der Waals surface area (Å²) in [6, 6.07) is 33.0. The molecule has 0 saturated carbocycles. The van der Waals surface area contributed by atoms with E-state index in [0.29, 0.717) is 6.04 Å². The summed E-state index contributed by atoms with van der Waals surface area (Å²) in [6.07, 6.45) is 5.49. The van der Waals surface area contributed by atoms with E-state index in [4.69, 9.17) is 0 Å². The molecule has 0 amide bonds. The van der Waals surface area contributed by atoms with Crippen LogP contribution < -0.4 is 0 Å². The highest BCUT2D eigenvalue weighted by Gasteiger charge is 2.26. The molecule has 2 heterocycles. The maximum absolute atomic E-state index is 4.50. The predicted octanol–water partition coefficient (Wildman–Crippen LogP) is 5.96. The van der Waals surface area contributed by atoms with Gasteiger partial charge in [-0.1, -0.05) is 78.9 Å². The zero-order chi connectivity index (χ0) is 22.3. The average Bonchev–Trinajstić information content (AvgIpc) is 2.89. The molecule has 1 fully saturated rings. The van der Waals surface area contributed by atoms with Gasteiger partial charge in [0.1, 0.15) is 0 Å². The van der Waals surface area contributed by atoms with E-state index < -0.39 is 0 Å². The van der Waals surface area contributed by atoms with Crippen LogP contribution in [-0.2, 0) is 6.42 Å². The van der Waals surface area contributed by atoms with Crippen LogP contribution in [0, 0.1) is 0 Å². The number of pyridine rings is 1. The lowest BCUT2D eigenvalue weighted by molar-refractivity contribution is 0.108. The number of fused-ring (bicyclic) bond motifs is 1. The second-order valence-corrected chi connectivity index (χ2v) is 9.05. The van der Waals surface area contributed by atoms with Gasteiger partial charge in [-0.25, -0.2) is 0 Å². The highest BCUT2D eigenvalue weighted by molar-refractivity contribution is 5.81. The quantitative estimate of drug-likeness (QED) is 0.318. The van der Waals surface area contributed by atoms with Crippen molar-refractivity contribution in [2.75, 3.05) is 32.7 Å². The Kier molecular flexibility index (Phi) is 7.10. The monoisotopic (exact) mass is 435 g/mol. The molecule has 168 valence electrons. The minimum absolute atomic E-state index is 0.342. The zero-order valence-corrected chi connectivity index (χ0v) is 19.3. The molecule has 3 aromatic carbocycles. The van der Waals surface area contributed by atoms with Crippen LogP contribution in [0.5, 0.6) is 0 Å². The summed E-state index contributed by atoms with van der Waals surface area (Å²) in [7, 11) is 0. The smallest absolute Gasteiger partial charge is 0.0704 e. The Morgan fingerprint density at radius 1 is 0.667 bits per heavy atom. The third-order valence-corrected chi connectivity index (χ3v) is 6.91. The molecule has 0 N–H and O–H groups in total. The molecule has 5 rings (SSSR count). The van der Waals surface area contributed by atoms with Gasteiger partial charge >= 0.3 is 0 Å². The minimum atomic E-state index is 0.342. The normalized spacial score (nSPS) is 15.3. The third kappa shape index (κ3) is 5.32. The molecule has 3 heteroatoms.